The second-order valence-corrected chi connectivity index (χ2v) is 5.89. The van der Waals surface area contributed by atoms with Gasteiger partial charge in [0.15, 0.2) is 0 Å². The van der Waals surface area contributed by atoms with E-state index in [0.717, 1.165) is 0 Å². The number of carbonyl (C=O) groups is 1. The van der Waals surface area contributed by atoms with Gasteiger partial charge >= 0.3 is 12.2 Å². The van der Waals surface area contributed by atoms with E-state index in [-0.39, 0.29) is 23.3 Å². The number of carbonyl (C=O) groups excluding carboxylic acids is 1. The van der Waals surface area contributed by atoms with Crippen molar-refractivity contribution in [2.75, 3.05) is 18.5 Å². The van der Waals surface area contributed by atoms with Gasteiger partial charge in [0.1, 0.15) is 0 Å². The number of aliphatic hydroxyl groups is 1. The average molecular weight is 318 g/mol. The van der Waals surface area contributed by atoms with E-state index < -0.39 is 18.6 Å². The maximum Gasteiger partial charge on any atom is 0.393 e. The number of benzene rings is 1. The van der Waals surface area contributed by atoms with Gasteiger partial charge in [-0.25, -0.2) is 4.79 Å². The molecule has 7 heteroatoms. The van der Waals surface area contributed by atoms with E-state index in [9.17, 15) is 18.0 Å². The molecule has 124 valence electrons. The Bertz CT molecular complexity index is 502. The molecule has 0 unspecified atom stereocenters. The first-order valence-electron chi connectivity index (χ1n) is 6.93. The van der Waals surface area contributed by atoms with Crippen molar-refractivity contribution in [2.45, 2.75) is 32.9 Å². The van der Waals surface area contributed by atoms with E-state index in [0.29, 0.717) is 13.0 Å². The van der Waals surface area contributed by atoms with Crippen LogP contribution in [0.2, 0.25) is 0 Å². The molecule has 0 aliphatic heterocycles. The summed E-state index contributed by atoms with van der Waals surface area (Å²) in [6.07, 6.45) is -4.92. The quantitative estimate of drug-likeness (QED) is 0.753. The molecule has 0 aliphatic carbocycles. The van der Waals surface area contributed by atoms with Gasteiger partial charge in [0, 0.05) is 18.8 Å². The normalized spacial score (nSPS) is 12.1. The van der Waals surface area contributed by atoms with Crippen LogP contribution in [0.25, 0.3) is 0 Å². The van der Waals surface area contributed by atoms with Gasteiger partial charge in [-0.15, -0.1) is 0 Å². The first-order valence-corrected chi connectivity index (χ1v) is 6.93. The van der Waals surface area contributed by atoms with Crippen LogP contribution in [0.5, 0.6) is 0 Å². The molecule has 2 amide bonds. The summed E-state index contributed by atoms with van der Waals surface area (Å²) in [6, 6.07) is 5.25. The maximum absolute atomic E-state index is 12.5. The largest absolute Gasteiger partial charge is 0.396 e. The third-order valence-electron chi connectivity index (χ3n) is 3.17. The standard InChI is InChI=1S/C15H21F3N2O2/c1-14(2,7-8-21)10-19-13(22)20-12-6-4-3-5-11(12)9-15(16,17)18/h3-6,21H,7-10H2,1-2H3,(H2,19,20,22). The number of alkyl halides is 3. The highest BCUT2D eigenvalue weighted by Crippen LogP contribution is 2.26. The highest BCUT2D eigenvalue weighted by molar-refractivity contribution is 5.90. The smallest absolute Gasteiger partial charge is 0.393 e. The van der Waals surface area contributed by atoms with Crippen LogP contribution in [-0.2, 0) is 6.42 Å². The van der Waals surface area contributed by atoms with Crippen LogP contribution in [0.15, 0.2) is 24.3 Å². The third kappa shape index (κ3) is 6.80. The molecule has 4 nitrogen and oxygen atoms in total. The average Bonchev–Trinajstić information content (AvgIpc) is 2.37. The molecule has 0 fully saturated rings. The summed E-state index contributed by atoms with van der Waals surface area (Å²) in [5.41, 5.74) is -0.144. The number of hydrogen-bond acceptors (Lipinski definition) is 2. The van der Waals surface area contributed by atoms with Crippen LogP contribution in [0, 0.1) is 5.41 Å². The van der Waals surface area contributed by atoms with E-state index >= 15 is 0 Å². The number of anilines is 1. The minimum Gasteiger partial charge on any atom is -0.396 e. The Hall–Kier alpha value is -1.76. The van der Waals surface area contributed by atoms with E-state index in [4.69, 9.17) is 5.11 Å². The fraction of sp³-hybridized carbons (Fsp3) is 0.533. The summed E-state index contributed by atoms with van der Waals surface area (Å²) in [5.74, 6) is 0. The summed E-state index contributed by atoms with van der Waals surface area (Å²) in [5, 5.41) is 14.0. The molecule has 0 aromatic heterocycles. The lowest BCUT2D eigenvalue weighted by Crippen LogP contribution is -2.37. The zero-order valence-corrected chi connectivity index (χ0v) is 12.6. The molecule has 0 atom stereocenters. The summed E-state index contributed by atoms with van der Waals surface area (Å²) < 4.78 is 37.5. The van der Waals surface area contributed by atoms with E-state index in [1.165, 1.54) is 18.2 Å². The van der Waals surface area contributed by atoms with Crippen LogP contribution in [0.1, 0.15) is 25.8 Å². The fourth-order valence-electron chi connectivity index (χ4n) is 1.89. The van der Waals surface area contributed by atoms with E-state index in [1.807, 2.05) is 13.8 Å². The Kier molecular flexibility index (Phi) is 6.22. The Balaban J connectivity index is 2.65. The van der Waals surface area contributed by atoms with Gasteiger partial charge in [0.05, 0.1) is 6.42 Å². The lowest BCUT2D eigenvalue weighted by molar-refractivity contribution is -0.127. The van der Waals surface area contributed by atoms with Gasteiger partial charge in [-0.05, 0) is 23.5 Å². The highest BCUT2D eigenvalue weighted by Gasteiger charge is 2.29. The predicted molar refractivity (Wildman–Crippen MR) is 78.7 cm³/mol. The van der Waals surface area contributed by atoms with Gasteiger partial charge in [0.25, 0.3) is 0 Å². The molecule has 3 N–H and O–H groups in total. The first kappa shape index (κ1) is 18.3. The lowest BCUT2D eigenvalue weighted by atomic mass is 9.90. The molecule has 22 heavy (non-hydrogen) atoms. The zero-order chi connectivity index (χ0) is 16.8. The molecule has 0 spiro atoms. The molecular formula is C15H21F3N2O2. The summed E-state index contributed by atoms with van der Waals surface area (Å²) >= 11 is 0. The van der Waals surface area contributed by atoms with E-state index in [2.05, 4.69) is 10.6 Å². The number of amides is 2. The second-order valence-electron chi connectivity index (χ2n) is 5.89. The number of halogens is 3. The topological polar surface area (TPSA) is 61.4 Å². The molecule has 1 rings (SSSR count). The molecule has 0 radical (unpaired) electrons. The number of nitrogens with one attached hydrogen (secondary N) is 2. The molecule has 0 heterocycles. The van der Waals surface area contributed by atoms with Gasteiger partial charge in [-0.2, -0.15) is 13.2 Å². The third-order valence-corrected chi connectivity index (χ3v) is 3.17. The van der Waals surface area contributed by atoms with Crippen LogP contribution in [0.3, 0.4) is 0 Å². The van der Waals surface area contributed by atoms with Crippen molar-refractivity contribution in [3.05, 3.63) is 29.8 Å². The van der Waals surface area contributed by atoms with Crippen LogP contribution < -0.4 is 10.6 Å². The Morgan fingerprint density at radius 2 is 1.86 bits per heavy atom. The minimum atomic E-state index is -4.34. The molecule has 1 aromatic rings. The van der Waals surface area contributed by atoms with Crippen LogP contribution >= 0.6 is 0 Å². The molecule has 0 saturated carbocycles. The van der Waals surface area contributed by atoms with Gasteiger partial charge < -0.3 is 15.7 Å². The van der Waals surface area contributed by atoms with Crippen molar-refractivity contribution in [1.29, 1.82) is 0 Å². The van der Waals surface area contributed by atoms with E-state index in [1.54, 1.807) is 6.07 Å². The molecule has 1 aromatic carbocycles. The summed E-state index contributed by atoms with van der Waals surface area (Å²) in [6.45, 7) is 4.06. The summed E-state index contributed by atoms with van der Waals surface area (Å²) in [7, 11) is 0. The monoisotopic (exact) mass is 318 g/mol. The predicted octanol–water partition coefficient (Wildman–Crippen LogP) is 3.32. The van der Waals surface area contributed by atoms with Crippen LogP contribution in [-0.4, -0.2) is 30.5 Å². The molecular weight excluding hydrogens is 297 g/mol. The number of aliphatic hydroxyl groups excluding tert-OH is 1. The first-order chi connectivity index (χ1) is 10.1. The molecule has 0 saturated heterocycles. The fourth-order valence-corrected chi connectivity index (χ4v) is 1.89. The van der Waals surface area contributed by atoms with Crippen molar-refractivity contribution in [2.24, 2.45) is 5.41 Å². The Morgan fingerprint density at radius 3 is 2.45 bits per heavy atom. The van der Waals surface area contributed by atoms with Crippen molar-refractivity contribution in [1.82, 2.24) is 5.32 Å². The molecule has 0 bridgehead atoms. The Morgan fingerprint density at radius 1 is 1.23 bits per heavy atom. The SMILES string of the molecule is CC(C)(CCO)CNC(=O)Nc1ccccc1CC(F)(F)F. The zero-order valence-electron chi connectivity index (χ0n) is 12.6. The van der Waals surface area contributed by atoms with Crippen molar-refractivity contribution in [3.63, 3.8) is 0 Å². The number of hydrogen-bond donors (Lipinski definition) is 3. The summed E-state index contributed by atoms with van der Waals surface area (Å²) in [4.78, 5) is 11.8. The molecule has 0 aliphatic rings. The van der Waals surface area contributed by atoms with Gasteiger partial charge in [-0.1, -0.05) is 32.0 Å². The highest BCUT2D eigenvalue weighted by atomic mass is 19.4. The lowest BCUT2D eigenvalue weighted by Gasteiger charge is -2.24. The second kappa shape index (κ2) is 7.49. The van der Waals surface area contributed by atoms with Gasteiger partial charge in [0.2, 0.25) is 0 Å². The van der Waals surface area contributed by atoms with Crippen molar-refractivity contribution < 1.29 is 23.1 Å². The number of para-hydroxylation sites is 1. The Labute approximate surface area is 127 Å². The van der Waals surface area contributed by atoms with Crippen LogP contribution in [0.4, 0.5) is 23.7 Å². The van der Waals surface area contributed by atoms with Crippen molar-refractivity contribution >= 4 is 11.7 Å². The minimum absolute atomic E-state index is 0.00468. The maximum atomic E-state index is 12.5. The van der Waals surface area contributed by atoms with Gasteiger partial charge in [-0.3, -0.25) is 0 Å². The van der Waals surface area contributed by atoms with Crippen molar-refractivity contribution in [3.8, 4) is 0 Å². The number of urea groups is 1. The number of rotatable bonds is 6.